The molecule has 0 heterocycles. The van der Waals surface area contributed by atoms with Crippen LogP contribution < -0.4 is 10.6 Å². The smallest absolute Gasteiger partial charge is 0.337 e. The first kappa shape index (κ1) is 14.1. The number of amides is 2. The molecule has 0 aliphatic heterocycles. The van der Waals surface area contributed by atoms with Crippen LogP contribution in [-0.2, 0) is 0 Å². The van der Waals surface area contributed by atoms with Crippen molar-refractivity contribution in [1.82, 2.24) is 0 Å². The maximum atomic E-state index is 11.9. The van der Waals surface area contributed by atoms with Crippen molar-refractivity contribution in [2.24, 2.45) is 0 Å². The molecular formula is C15H11N3O3. The number of carboxylic acid groups (broad SMARTS) is 1. The summed E-state index contributed by atoms with van der Waals surface area (Å²) < 4.78 is 0. The maximum absolute atomic E-state index is 11.9. The predicted molar refractivity (Wildman–Crippen MR) is 77.2 cm³/mol. The normalized spacial score (nSPS) is 9.48. The number of nitrogens with one attached hydrogen (secondary N) is 2. The SMILES string of the molecule is N#Cc1ccccc1NC(=O)Nc1ccccc1C(=O)O. The standard InChI is InChI=1S/C15H11N3O3/c16-9-10-5-1-3-7-12(10)17-15(21)18-13-8-4-2-6-11(13)14(19)20/h1-8H,(H,19,20)(H2,17,18,21). The Balaban J connectivity index is 2.16. The van der Waals surface area contributed by atoms with Gasteiger partial charge in [-0.2, -0.15) is 5.26 Å². The number of carbonyl (C=O) groups excluding carboxylic acids is 1. The Hall–Kier alpha value is -3.33. The maximum Gasteiger partial charge on any atom is 0.337 e. The van der Waals surface area contributed by atoms with E-state index in [-0.39, 0.29) is 11.3 Å². The summed E-state index contributed by atoms with van der Waals surface area (Å²) in [6, 6.07) is 13.9. The van der Waals surface area contributed by atoms with Crippen molar-refractivity contribution in [1.29, 1.82) is 5.26 Å². The lowest BCUT2D eigenvalue weighted by atomic mass is 10.2. The summed E-state index contributed by atoms with van der Waals surface area (Å²) in [6.07, 6.45) is 0. The van der Waals surface area contributed by atoms with Crippen molar-refractivity contribution in [3.63, 3.8) is 0 Å². The Morgan fingerprint density at radius 3 is 2.19 bits per heavy atom. The van der Waals surface area contributed by atoms with E-state index in [1.54, 1.807) is 36.4 Å². The molecule has 21 heavy (non-hydrogen) atoms. The van der Waals surface area contributed by atoms with E-state index in [0.29, 0.717) is 11.3 Å². The molecule has 2 aromatic carbocycles. The van der Waals surface area contributed by atoms with Crippen molar-refractivity contribution in [3.05, 3.63) is 59.7 Å². The number of rotatable bonds is 3. The molecule has 2 aromatic rings. The van der Waals surface area contributed by atoms with Crippen molar-refractivity contribution in [2.75, 3.05) is 10.6 Å². The van der Waals surface area contributed by atoms with Crippen LogP contribution in [0.15, 0.2) is 48.5 Å². The molecule has 0 saturated heterocycles. The second-order valence-electron chi connectivity index (χ2n) is 4.09. The van der Waals surface area contributed by atoms with Gasteiger partial charge >= 0.3 is 12.0 Å². The van der Waals surface area contributed by atoms with Gasteiger partial charge in [-0.1, -0.05) is 24.3 Å². The van der Waals surface area contributed by atoms with E-state index in [0.717, 1.165) is 0 Å². The lowest BCUT2D eigenvalue weighted by molar-refractivity contribution is 0.0698. The largest absolute Gasteiger partial charge is 0.478 e. The van der Waals surface area contributed by atoms with Gasteiger partial charge < -0.3 is 15.7 Å². The van der Waals surface area contributed by atoms with Gasteiger partial charge in [0.1, 0.15) is 6.07 Å². The molecule has 0 fully saturated rings. The summed E-state index contributed by atoms with van der Waals surface area (Å²) in [4.78, 5) is 22.9. The molecule has 0 atom stereocenters. The third-order valence-corrected chi connectivity index (χ3v) is 2.70. The van der Waals surface area contributed by atoms with Gasteiger partial charge in [0.25, 0.3) is 0 Å². The Bertz CT molecular complexity index is 735. The highest BCUT2D eigenvalue weighted by atomic mass is 16.4. The highest BCUT2D eigenvalue weighted by Crippen LogP contribution is 2.17. The van der Waals surface area contributed by atoms with Crippen LogP contribution >= 0.6 is 0 Å². The van der Waals surface area contributed by atoms with Crippen LogP contribution in [0.4, 0.5) is 16.2 Å². The number of carboxylic acids is 1. The minimum atomic E-state index is -1.14. The fourth-order valence-electron chi connectivity index (χ4n) is 1.74. The quantitative estimate of drug-likeness (QED) is 0.804. The average molecular weight is 281 g/mol. The van der Waals surface area contributed by atoms with Crippen LogP contribution in [0.5, 0.6) is 0 Å². The first-order valence-electron chi connectivity index (χ1n) is 6.01. The fourth-order valence-corrected chi connectivity index (χ4v) is 1.74. The third kappa shape index (κ3) is 3.36. The van der Waals surface area contributed by atoms with Crippen molar-refractivity contribution >= 4 is 23.4 Å². The average Bonchev–Trinajstić information content (AvgIpc) is 2.48. The number of urea groups is 1. The van der Waals surface area contributed by atoms with Gasteiger partial charge in [0.05, 0.1) is 22.5 Å². The molecule has 0 aliphatic carbocycles. The summed E-state index contributed by atoms with van der Waals surface area (Å²) in [5.74, 6) is -1.14. The molecule has 0 spiro atoms. The lowest BCUT2D eigenvalue weighted by Gasteiger charge is -2.10. The summed E-state index contributed by atoms with van der Waals surface area (Å²) in [6.45, 7) is 0. The van der Waals surface area contributed by atoms with E-state index >= 15 is 0 Å². The van der Waals surface area contributed by atoms with Gasteiger partial charge in [-0.25, -0.2) is 9.59 Å². The highest BCUT2D eigenvalue weighted by Gasteiger charge is 2.12. The van der Waals surface area contributed by atoms with Gasteiger partial charge in [0.2, 0.25) is 0 Å². The number of hydrogen-bond acceptors (Lipinski definition) is 3. The van der Waals surface area contributed by atoms with Crippen molar-refractivity contribution < 1.29 is 14.7 Å². The Morgan fingerprint density at radius 1 is 0.952 bits per heavy atom. The fraction of sp³-hybridized carbons (Fsp3) is 0. The van der Waals surface area contributed by atoms with E-state index in [9.17, 15) is 9.59 Å². The molecule has 0 radical (unpaired) electrons. The van der Waals surface area contributed by atoms with Gasteiger partial charge in [0.15, 0.2) is 0 Å². The highest BCUT2D eigenvalue weighted by molar-refractivity contribution is 6.05. The first-order valence-corrected chi connectivity index (χ1v) is 6.01. The summed E-state index contributed by atoms with van der Waals surface area (Å²) in [5, 5.41) is 22.9. The molecule has 0 aliphatic rings. The number of nitriles is 1. The number of hydrogen-bond donors (Lipinski definition) is 3. The van der Waals surface area contributed by atoms with E-state index < -0.39 is 12.0 Å². The molecular weight excluding hydrogens is 270 g/mol. The van der Waals surface area contributed by atoms with Crippen molar-refractivity contribution in [3.8, 4) is 6.07 Å². The zero-order chi connectivity index (χ0) is 15.2. The Labute approximate surface area is 120 Å². The molecule has 2 amide bonds. The van der Waals surface area contributed by atoms with Crippen LogP contribution in [0, 0.1) is 11.3 Å². The Kier molecular flexibility index (Phi) is 4.17. The zero-order valence-electron chi connectivity index (χ0n) is 10.8. The van der Waals surface area contributed by atoms with Gasteiger partial charge in [0, 0.05) is 0 Å². The minimum absolute atomic E-state index is 0.0128. The van der Waals surface area contributed by atoms with Crippen LogP contribution in [0.3, 0.4) is 0 Å². The predicted octanol–water partition coefficient (Wildman–Crippen LogP) is 2.90. The van der Waals surface area contributed by atoms with E-state index in [4.69, 9.17) is 10.4 Å². The van der Waals surface area contributed by atoms with Crippen LogP contribution in [0.25, 0.3) is 0 Å². The van der Waals surface area contributed by atoms with Gasteiger partial charge in [-0.3, -0.25) is 0 Å². The van der Waals surface area contributed by atoms with Crippen LogP contribution in [-0.4, -0.2) is 17.1 Å². The second kappa shape index (κ2) is 6.21. The van der Waals surface area contributed by atoms with E-state index in [1.165, 1.54) is 12.1 Å². The first-order chi connectivity index (χ1) is 10.1. The molecule has 3 N–H and O–H groups in total. The van der Waals surface area contributed by atoms with Gasteiger partial charge in [-0.05, 0) is 24.3 Å². The molecule has 0 saturated carbocycles. The number of nitrogens with zero attached hydrogens (tertiary/aromatic N) is 1. The topological polar surface area (TPSA) is 102 Å². The molecule has 0 bridgehead atoms. The zero-order valence-corrected chi connectivity index (χ0v) is 10.8. The van der Waals surface area contributed by atoms with E-state index in [1.807, 2.05) is 6.07 Å². The molecule has 2 rings (SSSR count). The van der Waals surface area contributed by atoms with E-state index in [2.05, 4.69) is 10.6 Å². The minimum Gasteiger partial charge on any atom is -0.478 e. The lowest BCUT2D eigenvalue weighted by Crippen LogP contribution is -2.21. The summed E-state index contributed by atoms with van der Waals surface area (Å²) in [5.41, 5.74) is 0.836. The van der Waals surface area contributed by atoms with Crippen LogP contribution in [0.1, 0.15) is 15.9 Å². The summed E-state index contributed by atoms with van der Waals surface area (Å²) >= 11 is 0. The number of carbonyl (C=O) groups is 2. The number of para-hydroxylation sites is 2. The Morgan fingerprint density at radius 2 is 1.52 bits per heavy atom. The van der Waals surface area contributed by atoms with Gasteiger partial charge in [-0.15, -0.1) is 0 Å². The molecule has 104 valence electrons. The van der Waals surface area contributed by atoms with Crippen molar-refractivity contribution in [2.45, 2.75) is 0 Å². The third-order valence-electron chi connectivity index (χ3n) is 2.70. The number of benzene rings is 2. The van der Waals surface area contributed by atoms with Crippen LogP contribution in [0.2, 0.25) is 0 Å². The monoisotopic (exact) mass is 281 g/mol. The molecule has 6 nitrogen and oxygen atoms in total. The number of anilines is 2. The molecule has 6 heteroatoms. The summed E-state index contributed by atoms with van der Waals surface area (Å²) in [7, 11) is 0. The molecule has 0 aromatic heterocycles. The second-order valence-corrected chi connectivity index (χ2v) is 4.09. The number of aromatic carboxylic acids is 1. The molecule has 0 unspecified atom stereocenters.